The van der Waals surface area contributed by atoms with Crippen molar-refractivity contribution in [3.05, 3.63) is 36.6 Å². The normalized spacial score (nSPS) is 14.4. The van der Waals surface area contributed by atoms with Crippen molar-refractivity contribution in [1.82, 2.24) is 15.3 Å². The highest BCUT2D eigenvalue weighted by molar-refractivity contribution is 5.83. The van der Waals surface area contributed by atoms with E-state index in [-0.39, 0.29) is 0 Å². The Balaban J connectivity index is 2.57. The van der Waals surface area contributed by atoms with Crippen molar-refractivity contribution in [2.24, 2.45) is 0 Å². The number of nitrogens with one attached hydrogen (secondary N) is 2. The summed E-state index contributed by atoms with van der Waals surface area (Å²) in [6.07, 6.45) is 5.14. The summed E-state index contributed by atoms with van der Waals surface area (Å²) in [6.45, 7) is 4.56. The van der Waals surface area contributed by atoms with Crippen molar-refractivity contribution in [3.8, 4) is 0 Å². The number of hydrogen-bond acceptors (Lipinski definition) is 4. The molecule has 0 aromatic carbocycles. The molecule has 1 aliphatic rings. The van der Waals surface area contributed by atoms with Crippen molar-refractivity contribution in [2.75, 3.05) is 18.9 Å². The summed E-state index contributed by atoms with van der Waals surface area (Å²) in [5.74, 6) is 0. The Morgan fingerprint density at radius 2 is 2.50 bits per heavy atom. The van der Waals surface area contributed by atoms with E-state index in [0.717, 1.165) is 29.2 Å². The number of hydrogen-bond donors (Lipinski definition) is 2. The molecule has 0 fully saturated rings. The molecule has 2 rings (SSSR count). The minimum absolute atomic E-state index is 0.762. The SMILES string of the molecule is C=CC1=C(NC)CNc2cncnc21. The zero-order chi connectivity index (χ0) is 9.97. The number of fused-ring (bicyclic) bond motifs is 1. The molecule has 0 unspecified atom stereocenters. The fourth-order valence-corrected chi connectivity index (χ4v) is 1.54. The summed E-state index contributed by atoms with van der Waals surface area (Å²) in [6, 6.07) is 0. The summed E-state index contributed by atoms with van der Waals surface area (Å²) >= 11 is 0. The highest BCUT2D eigenvalue weighted by atomic mass is 15.0. The second-order valence-corrected chi connectivity index (χ2v) is 2.98. The third-order valence-corrected chi connectivity index (χ3v) is 2.25. The van der Waals surface area contributed by atoms with Crippen LogP contribution in [0.15, 0.2) is 30.9 Å². The minimum atomic E-state index is 0.762. The average Bonchev–Trinajstić information content (AvgIpc) is 2.27. The molecule has 0 saturated heterocycles. The summed E-state index contributed by atoms with van der Waals surface area (Å²) in [7, 11) is 1.90. The predicted molar refractivity (Wildman–Crippen MR) is 56.7 cm³/mol. The summed E-state index contributed by atoms with van der Waals surface area (Å²) in [4.78, 5) is 8.19. The molecule has 0 atom stereocenters. The van der Waals surface area contributed by atoms with Crippen LogP contribution in [0.4, 0.5) is 5.69 Å². The smallest absolute Gasteiger partial charge is 0.116 e. The Morgan fingerprint density at radius 3 is 3.21 bits per heavy atom. The topological polar surface area (TPSA) is 49.8 Å². The standard InChI is InChI=1S/C10H12N4/c1-3-7-8(11-2)5-13-9-4-12-6-14-10(7)9/h3-4,6,11,13H,1,5H2,2H3. The van der Waals surface area contributed by atoms with E-state index in [9.17, 15) is 0 Å². The van der Waals surface area contributed by atoms with Crippen LogP contribution >= 0.6 is 0 Å². The van der Waals surface area contributed by atoms with Crippen molar-refractivity contribution in [2.45, 2.75) is 0 Å². The van der Waals surface area contributed by atoms with E-state index in [1.165, 1.54) is 0 Å². The monoisotopic (exact) mass is 188 g/mol. The Bertz CT molecular complexity index is 395. The first-order chi connectivity index (χ1) is 6.86. The molecular formula is C10H12N4. The van der Waals surface area contributed by atoms with Crippen LogP contribution in [0.1, 0.15) is 5.69 Å². The number of likely N-dealkylation sites (N-methyl/N-ethyl adjacent to an activating group) is 1. The molecule has 1 aromatic heterocycles. The first kappa shape index (κ1) is 8.74. The maximum atomic E-state index is 4.23. The quantitative estimate of drug-likeness (QED) is 0.727. The lowest BCUT2D eigenvalue weighted by atomic mass is 10.1. The van der Waals surface area contributed by atoms with Crippen molar-refractivity contribution < 1.29 is 0 Å². The van der Waals surface area contributed by atoms with Gasteiger partial charge in [0.1, 0.15) is 6.33 Å². The minimum Gasteiger partial charge on any atom is -0.389 e. The molecule has 4 heteroatoms. The molecule has 2 N–H and O–H groups in total. The van der Waals surface area contributed by atoms with Crippen LogP contribution < -0.4 is 10.6 Å². The fraction of sp³-hybridized carbons (Fsp3) is 0.200. The number of aromatic nitrogens is 2. The third kappa shape index (κ3) is 1.25. The van der Waals surface area contributed by atoms with E-state index in [4.69, 9.17) is 0 Å². The van der Waals surface area contributed by atoms with Crippen LogP contribution in [-0.2, 0) is 0 Å². The van der Waals surface area contributed by atoms with Gasteiger partial charge in [-0.3, -0.25) is 0 Å². The lowest BCUT2D eigenvalue weighted by Gasteiger charge is -2.21. The Labute approximate surface area is 82.8 Å². The third-order valence-electron chi connectivity index (χ3n) is 2.25. The van der Waals surface area contributed by atoms with Gasteiger partial charge in [0.2, 0.25) is 0 Å². The molecule has 4 nitrogen and oxygen atoms in total. The first-order valence-corrected chi connectivity index (χ1v) is 4.44. The largest absolute Gasteiger partial charge is 0.389 e. The van der Waals surface area contributed by atoms with E-state index < -0.39 is 0 Å². The van der Waals surface area contributed by atoms with Gasteiger partial charge in [-0.25, -0.2) is 9.97 Å². The van der Waals surface area contributed by atoms with E-state index in [0.29, 0.717) is 0 Å². The van der Waals surface area contributed by atoms with Gasteiger partial charge >= 0.3 is 0 Å². The first-order valence-electron chi connectivity index (χ1n) is 4.44. The maximum Gasteiger partial charge on any atom is 0.116 e. The Morgan fingerprint density at radius 1 is 1.64 bits per heavy atom. The van der Waals surface area contributed by atoms with Crippen molar-refractivity contribution in [3.63, 3.8) is 0 Å². The molecule has 1 aromatic rings. The van der Waals surface area contributed by atoms with Gasteiger partial charge in [0, 0.05) is 18.3 Å². The number of nitrogens with zero attached hydrogens (tertiary/aromatic N) is 2. The van der Waals surface area contributed by atoms with Crippen molar-refractivity contribution >= 4 is 11.3 Å². The predicted octanol–water partition coefficient (Wildman–Crippen LogP) is 1.02. The molecular weight excluding hydrogens is 176 g/mol. The number of rotatable bonds is 2. The molecule has 0 bridgehead atoms. The second kappa shape index (κ2) is 3.49. The Kier molecular flexibility index (Phi) is 2.18. The van der Waals surface area contributed by atoms with Crippen LogP contribution in [0, 0.1) is 0 Å². The van der Waals surface area contributed by atoms with E-state index in [1.54, 1.807) is 12.5 Å². The number of anilines is 1. The number of allylic oxidation sites excluding steroid dienone is 2. The van der Waals surface area contributed by atoms with Crippen LogP contribution in [-0.4, -0.2) is 23.6 Å². The van der Waals surface area contributed by atoms with Gasteiger partial charge < -0.3 is 10.6 Å². The van der Waals surface area contributed by atoms with Gasteiger partial charge in [-0.05, 0) is 0 Å². The second-order valence-electron chi connectivity index (χ2n) is 2.98. The van der Waals surface area contributed by atoms with Gasteiger partial charge in [-0.2, -0.15) is 0 Å². The molecule has 2 heterocycles. The van der Waals surface area contributed by atoms with Crippen LogP contribution in [0.2, 0.25) is 0 Å². The molecule has 14 heavy (non-hydrogen) atoms. The molecule has 0 aliphatic carbocycles. The lowest BCUT2D eigenvalue weighted by molar-refractivity contribution is 0.935. The van der Waals surface area contributed by atoms with E-state index >= 15 is 0 Å². The fourth-order valence-electron chi connectivity index (χ4n) is 1.54. The van der Waals surface area contributed by atoms with Gasteiger partial charge in [0.05, 0.1) is 24.1 Å². The molecule has 0 spiro atoms. The van der Waals surface area contributed by atoms with Gasteiger partial charge in [0.15, 0.2) is 0 Å². The maximum absolute atomic E-state index is 4.23. The Hall–Kier alpha value is -1.84. The summed E-state index contributed by atoms with van der Waals surface area (Å²) in [5.41, 5.74) is 4.02. The highest BCUT2D eigenvalue weighted by Gasteiger charge is 2.16. The molecule has 0 radical (unpaired) electrons. The van der Waals surface area contributed by atoms with Crippen molar-refractivity contribution in [1.29, 1.82) is 0 Å². The van der Waals surface area contributed by atoms with E-state index in [2.05, 4.69) is 27.2 Å². The summed E-state index contributed by atoms with van der Waals surface area (Å²) < 4.78 is 0. The van der Waals surface area contributed by atoms with Gasteiger partial charge in [-0.15, -0.1) is 0 Å². The zero-order valence-corrected chi connectivity index (χ0v) is 8.04. The summed E-state index contributed by atoms with van der Waals surface area (Å²) in [5, 5.41) is 6.37. The molecule has 0 saturated carbocycles. The van der Waals surface area contributed by atoms with Gasteiger partial charge in [-0.1, -0.05) is 12.7 Å². The van der Waals surface area contributed by atoms with Crippen LogP contribution in [0.25, 0.3) is 5.57 Å². The molecule has 72 valence electrons. The van der Waals surface area contributed by atoms with Crippen LogP contribution in [0.3, 0.4) is 0 Å². The molecule has 0 amide bonds. The zero-order valence-electron chi connectivity index (χ0n) is 8.04. The lowest BCUT2D eigenvalue weighted by Crippen LogP contribution is -2.22. The van der Waals surface area contributed by atoms with Crippen LogP contribution in [0.5, 0.6) is 0 Å². The molecule has 1 aliphatic heterocycles. The average molecular weight is 188 g/mol. The highest BCUT2D eigenvalue weighted by Crippen LogP contribution is 2.27. The van der Waals surface area contributed by atoms with Gasteiger partial charge in [0.25, 0.3) is 0 Å². The van der Waals surface area contributed by atoms with E-state index in [1.807, 2.05) is 13.1 Å².